The van der Waals surface area contributed by atoms with Gasteiger partial charge in [0.15, 0.2) is 0 Å². The molecule has 1 aliphatic rings. The average molecular weight is 142 g/mol. The molecule has 0 aromatic heterocycles. The molecular formula is C7H14N2O. The van der Waals surface area contributed by atoms with E-state index in [0.29, 0.717) is 6.04 Å². The number of carbonyl (C=O) groups is 1. The summed E-state index contributed by atoms with van der Waals surface area (Å²) in [5.41, 5.74) is 0. The Morgan fingerprint density at radius 2 is 2.40 bits per heavy atom. The number of rotatable bonds is 1. The molecule has 1 fully saturated rings. The highest BCUT2D eigenvalue weighted by atomic mass is 16.2. The first-order chi connectivity index (χ1) is 4.74. The van der Waals surface area contributed by atoms with E-state index in [2.05, 4.69) is 17.6 Å². The van der Waals surface area contributed by atoms with Crippen LogP contribution in [0.15, 0.2) is 0 Å². The van der Waals surface area contributed by atoms with Crippen LogP contribution < -0.4 is 10.6 Å². The number of hydrogen-bond acceptors (Lipinski definition) is 2. The molecule has 2 atom stereocenters. The minimum atomic E-state index is -0.0151. The lowest BCUT2D eigenvalue weighted by molar-refractivity contribution is -0.124. The SMILES string of the molecule is CCC1CNC(=O)[C@H](C)N1. The monoisotopic (exact) mass is 142 g/mol. The lowest BCUT2D eigenvalue weighted by atomic mass is 10.1. The van der Waals surface area contributed by atoms with Crippen LogP contribution in [-0.2, 0) is 4.79 Å². The maximum Gasteiger partial charge on any atom is 0.236 e. The van der Waals surface area contributed by atoms with Gasteiger partial charge in [-0.15, -0.1) is 0 Å². The van der Waals surface area contributed by atoms with Gasteiger partial charge in [-0.2, -0.15) is 0 Å². The predicted molar refractivity (Wildman–Crippen MR) is 39.7 cm³/mol. The van der Waals surface area contributed by atoms with Gasteiger partial charge in [-0.25, -0.2) is 0 Å². The van der Waals surface area contributed by atoms with Gasteiger partial charge in [0.25, 0.3) is 0 Å². The van der Waals surface area contributed by atoms with Crippen molar-refractivity contribution in [2.24, 2.45) is 0 Å². The fourth-order valence-corrected chi connectivity index (χ4v) is 1.13. The molecule has 0 saturated carbocycles. The molecule has 1 rings (SSSR count). The summed E-state index contributed by atoms with van der Waals surface area (Å²) < 4.78 is 0. The maximum atomic E-state index is 10.9. The van der Waals surface area contributed by atoms with Crippen molar-refractivity contribution in [1.29, 1.82) is 0 Å². The van der Waals surface area contributed by atoms with Crippen LogP contribution in [0.2, 0.25) is 0 Å². The van der Waals surface area contributed by atoms with Crippen molar-refractivity contribution in [3.8, 4) is 0 Å². The van der Waals surface area contributed by atoms with Crippen molar-refractivity contribution < 1.29 is 4.79 Å². The molecular weight excluding hydrogens is 128 g/mol. The molecule has 1 aliphatic heterocycles. The Balaban J connectivity index is 2.40. The first-order valence-electron chi connectivity index (χ1n) is 3.77. The minimum Gasteiger partial charge on any atom is -0.353 e. The molecule has 58 valence electrons. The van der Waals surface area contributed by atoms with Crippen LogP contribution in [0, 0.1) is 0 Å². The van der Waals surface area contributed by atoms with E-state index >= 15 is 0 Å². The minimum absolute atomic E-state index is 0.0151. The molecule has 1 saturated heterocycles. The van der Waals surface area contributed by atoms with Gasteiger partial charge in [0, 0.05) is 12.6 Å². The van der Waals surface area contributed by atoms with E-state index in [1.807, 2.05) is 6.92 Å². The van der Waals surface area contributed by atoms with Crippen LogP contribution >= 0.6 is 0 Å². The van der Waals surface area contributed by atoms with E-state index in [-0.39, 0.29) is 11.9 Å². The molecule has 10 heavy (non-hydrogen) atoms. The highest BCUT2D eigenvalue weighted by Crippen LogP contribution is 1.97. The Bertz CT molecular complexity index is 136. The lowest BCUT2D eigenvalue weighted by Gasteiger charge is -2.27. The Morgan fingerprint density at radius 1 is 1.70 bits per heavy atom. The zero-order valence-corrected chi connectivity index (χ0v) is 6.48. The summed E-state index contributed by atoms with van der Waals surface area (Å²) in [6.07, 6.45) is 1.07. The summed E-state index contributed by atoms with van der Waals surface area (Å²) in [4.78, 5) is 10.9. The smallest absolute Gasteiger partial charge is 0.236 e. The molecule has 0 radical (unpaired) electrons. The van der Waals surface area contributed by atoms with Crippen molar-refractivity contribution in [3.63, 3.8) is 0 Å². The summed E-state index contributed by atoms with van der Waals surface area (Å²) in [5.74, 6) is 0.115. The molecule has 3 nitrogen and oxygen atoms in total. The van der Waals surface area contributed by atoms with Crippen molar-refractivity contribution >= 4 is 5.91 Å². The van der Waals surface area contributed by atoms with Crippen LogP contribution in [0.25, 0.3) is 0 Å². The lowest BCUT2D eigenvalue weighted by Crippen LogP contribution is -2.56. The predicted octanol–water partition coefficient (Wildman–Crippen LogP) is -0.127. The number of hydrogen-bond donors (Lipinski definition) is 2. The van der Waals surface area contributed by atoms with E-state index in [9.17, 15) is 4.79 Å². The maximum absolute atomic E-state index is 10.9. The Labute approximate surface area is 61.2 Å². The van der Waals surface area contributed by atoms with Crippen LogP contribution in [-0.4, -0.2) is 24.5 Å². The molecule has 0 aliphatic carbocycles. The van der Waals surface area contributed by atoms with E-state index in [1.54, 1.807) is 0 Å². The summed E-state index contributed by atoms with van der Waals surface area (Å²) in [6, 6.07) is 0.450. The van der Waals surface area contributed by atoms with E-state index in [1.165, 1.54) is 0 Å². The van der Waals surface area contributed by atoms with Crippen molar-refractivity contribution in [2.75, 3.05) is 6.54 Å². The number of nitrogens with one attached hydrogen (secondary N) is 2. The molecule has 0 aromatic carbocycles. The van der Waals surface area contributed by atoms with Crippen molar-refractivity contribution in [1.82, 2.24) is 10.6 Å². The summed E-state index contributed by atoms with van der Waals surface area (Å²) >= 11 is 0. The molecule has 1 amide bonds. The van der Waals surface area contributed by atoms with Gasteiger partial charge in [0.05, 0.1) is 6.04 Å². The highest BCUT2D eigenvalue weighted by Gasteiger charge is 2.21. The molecule has 2 N–H and O–H groups in total. The molecule has 1 heterocycles. The van der Waals surface area contributed by atoms with Gasteiger partial charge in [-0.3, -0.25) is 4.79 Å². The fourth-order valence-electron chi connectivity index (χ4n) is 1.13. The Hall–Kier alpha value is -0.570. The first-order valence-corrected chi connectivity index (χ1v) is 3.77. The van der Waals surface area contributed by atoms with Gasteiger partial charge in [-0.05, 0) is 13.3 Å². The second-order valence-electron chi connectivity index (χ2n) is 2.74. The van der Waals surface area contributed by atoms with Gasteiger partial charge in [0.1, 0.15) is 0 Å². The van der Waals surface area contributed by atoms with Gasteiger partial charge >= 0.3 is 0 Å². The Morgan fingerprint density at radius 3 is 2.90 bits per heavy atom. The quantitative estimate of drug-likeness (QED) is 0.535. The summed E-state index contributed by atoms with van der Waals surface area (Å²) in [5, 5.41) is 6.04. The molecule has 1 unspecified atom stereocenters. The topological polar surface area (TPSA) is 41.1 Å². The third-order valence-electron chi connectivity index (χ3n) is 1.89. The number of piperazine rings is 1. The molecule has 3 heteroatoms. The largest absolute Gasteiger partial charge is 0.353 e. The van der Waals surface area contributed by atoms with Crippen molar-refractivity contribution in [2.45, 2.75) is 32.4 Å². The standard InChI is InChI=1S/C7H14N2O/c1-3-6-4-8-7(10)5(2)9-6/h5-6,9H,3-4H2,1-2H3,(H,8,10)/t5-,6?/m0/s1. The molecule has 0 aromatic rings. The van der Waals surface area contributed by atoms with Crippen LogP contribution in [0.1, 0.15) is 20.3 Å². The fraction of sp³-hybridized carbons (Fsp3) is 0.857. The molecule has 0 spiro atoms. The van der Waals surface area contributed by atoms with Gasteiger partial charge in [-0.1, -0.05) is 6.92 Å². The molecule has 0 bridgehead atoms. The second kappa shape index (κ2) is 3.01. The van der Waals surface area contributed by atoms with Crippen molar-refractivity contribution in [3.05, 3.63) is 0 Å². The van der Waals surface area contributed by atoms with Crippen LogP contribution in [0.3, 0.4) is 0 Å². The third kappa shape index (κ3) is 1.48. The van der Waals surface area contributed by atoms with E-state index < -0.39 is 0 Å². The zero-order valence-electron chi connectivity index (χ0n) is 6.48. The van der Waals surface area contributed by atoms with E-state index in [4.69, 9.17) is 0 Å². The first kappa shape index (κ1) is 7.54. The highest BCUT2D eigenvalue weighted by molar-refractivity contribution is 5.82. The summed E-state index contributed by atoms with van der Waals surface area (Å²) in [7, 11) is 0. The zero-order chi connectivity index (χ0) is 7.56. The second-order valence-corrected chi connectivity index (χ2v) is 2.74. The third-order valence-corrected chi connectivity index (χ3v) is 1.89. The van der Waals surface area contributed by atoms with Gasteiger partial charge < -0.3 is 10.6 Å². The normalized spacial score (nSPS) is 33.6. The van der Waals surface area contributed by atoms with Gasteiger partial charge in [0.2, 0.25) is 5.91 Å². The number of amides is 1. The summed E-state index contributed by atoms with van der Waals surface area (Å²) in [6.45, 7) is 4.78. The Kier molecular flexibility index (Phi) is 2.27. The van der Waals surface area contributed by atoms with E-state index in [0.717, 1.165) is 13.0 Å². The van der Waals surface area contributed by atoms with Crippen LogP contribution in [0.5, 0.6) is 0 Å². The van der Waals surface area contributed by atoms with Crippen LogP contribution in [0.4, 0.5) is 0 Å². The average Bonchev–Trinajstić information content (AvgIpc) is 1.95. The number of carbonyl (C=O) groups excluding carboxylic acids is 1.